The number of nitrogens with zero attached hydrogens (tertiary/aromatic N) is 2. The Morgan fingerprint density at radius 2 is 0.733 bits per heavy atom. The lowest BCUT2D eigenvalue weighted by Gasteiger charge is -2.32. The maximum atomic E-state index is 2.45. The summed E-state index contributed by atoms with van der Waals surface area (Å²) in [5.74, 6) is 0. The quantitative estimate of drug-likeness (QED) is 0.166. The third-order valence-electron chi connectivity index (χ3n) is 13.4. The maximum absolute atomic E-state index is 2.45. The smallest absolute Gasteiger partial charge is 0.0726 e. The average Bonchev–Trinajstić information content (AvgIpc) is 3.86. The van der Waals surface area contributed by atoms with Gasteiger partial charge in [-0.3, -0.25) is 0 Å². The van der Waals surface area contributed by atoms with Gasteiger partial charge >= 0.3 is 0 Å². The fraction of sp³-hybridized carbons (Fsp3) is 0.0690. The van der Waals surface area contributed by atoms with E-state index in [0.29, 0.717) is 0 Å². The monoisotopic (exact) mass is 766 g/mol. The predicted molar refractivity (Wildman–Crippen MR) is 250 cm³/mol. The highest BCUT2D eigenvalue weighted by molar-refractivity contribution is 6.02. The molecule has 0 radical (unpaired) electrons. The molecule has 1 spiro atoms. The second-order valence-electron chi connectivity index (χ2n) is 16.8. The fourth-order valence-corrected chi connectivity index (χ4v) is 10.9. The molecule has 0 aliphatic heterocycles. The topological polar surface area (TPSA) is 6.48 Å². The minimum atomic E-state index is -0.494. The number of benzene rings is 9. The predicted octanol–water partition coefficient (Wildman–Crippen LogP) is 15.3. The van der Waals surface area contributed by atoms with Crippen molar-refractivity contribution in [2.24, 2.45) is 0 Å². The lowest BCUT2D eigenvalue weighted by atomic mass is 9.70. The van der Waals surface area contributed by atoms with Gasteiger partial charge in [-0.1, -0.05) is 166 Å². The molecule has 9 aromatic carbocycles. The number of hydrogen-bond donors (Lipinski definition) is 0. The second-order valence-corrected chi connectivity index (χ2v) is 16.8. The van der Waals surface area contributed by atoms with Gasteiger partial charge in [0.05, 0.1) is 11.1 Å². The summed E-state index contributed by atoms with van der Waals surface area (Å²) in [7, 11) is 0. The van der Waals surface area contributed by atoms with Gasteiger partial charge < -0.3 is 9.80 Å². The first-order valence-corrected chi connectivity index (χ1v) is 21.0. The van der Waals surface area contributed by atoms with Gasteiger partial charge in [-0.15, -0.1) is 0 Å². The molecular formula is C58H42N2. The molecule has 0 aromatic heterocycles. The van der Waals surface area contributed by atoms with Crippen molar-refractivity contribution >= 4 is 34.1 Å². The number of rotatable bonds is 6. The summed E-state index contributed by atoms with van der Waals surface area (Å²) < 4.78 is 0. The first kappa shape index (κ1) is 34.6. The Morgan fingerprint density at radius 3 is 1.38 bits per heavy atom. The molecule has 0 heterocycles. The molecule has 0 N–H and O–H groups in total. The Bertz CT molecular complexity index is 3090. The van der Waals surface area contributed by atoms with Crippen molar-refractivity contribution in [3.05, 3.63) is 252 Å². The molecule has 2 nitrogen and oxygen atoms in total. The zero-order chi connectivity index (χ0) is 40.0. The van der Waals surface area contributed by atoms with E-state index in [4.69, 9.17) is 0 Å². The van der Waals surface area contributed by atoms with E-state index in [1.165, 1.54) is 72.4 Å². The first-order chi connectivity index (χ1) is 29.5. The highest BCUT2D eigenvalue weighted by Crippen LogP contribution is 2.65. The summed E-state index contributed by atoms with van der Waals surface area (Å²) in [4.78, 5) is 4.87. The minimum Gasteiger partial charge on any atom is -0.310 e. The number of para-hydroxylation sites is 3. The van der Waals surface area contributed by atoms with E-state index < -0.39 is 5.41 Å². The van der Waals surface area contributed by atoms with Crippen molar-refractivity contribution < 1.29 is 0 Å². The Hall–Kier alpha value is -7.42. The highest BCUT2D eigenvalue weighted by Gasteiger charge is 2.52. The van der Waals surface area contributed by atoms with Crippen molar-refractivity contribution in [2.75, 3.05) is 9.80 Å². The number of hydrogen-bond acceptors (Lipinski definition) is 2. The lowest BCUT2D eigenvalue weighted by molar-refractivity contribution is 0.660. The third kappa shape index (κ3) is 4.76. The van der Waals surface area contributed by atoms with Crippen LogP contribution in [0.4, 0.5) is 34.1 Å². The molecule has 3 aliphatic rings. The zero-order valence-corrected chi connectivity index (χ0v) is 33.7. The summed E-state index contributed by atoms with van der Waals surface area (Å²) >= 11 is 0. The molecule has 60 heavy (non-hydrogen) atoms. The Morgan fingerprint density at radius 1 is 0.283 bits per heavy atom. The van der Waals surface area contributed by atoms with E-state index >= 15 is 0 Å². The van der Waals surface area contributed by atoms with Gasteiger partial charge in [0.1, 0.15) is 0 Å². The molecule has 284 valence electrons. The normalized spacial score (nSPS) is 15.7. The van der Waals surface area contributed by atoms with Crippen LogP contribution in [0.15, 0.2) is 218 Å². The standard InChI is InChI=1S/C58H42N2/c1-57(2)49-28-15-12-25-44(49)46-35-33-43(38-54(46)57)59(39-19-6-3-7-20-39)42-34-36-52-48(37-42)45-26-13-16-29-50(45)58(52)51-30-17-14-27-47(51)56-53(58)31-18-32-55(56)60(40-21-8-4-9-22-40)41-23-10-5-11-24-41/h3-38H,1-2H3. The van der Waals surface area contributed by atoms with Crippen LogP contribution in [0, 0.1) is 0 Å². The highest BCUT2D eigenvalue weighted by atomic mass is 15.1. The SMILES string of the molecule is CC1(C)c2ccccc2-c2ccc(N(c3ccccc3)c3ccc4c(c3)-c3ccccc3C43c4ccccc4-c4c(N(c5ccccc5)c5ccccc5)cccc43)cc21. The maximum Gasteiger partial charge on any atom is 0.0726 e. The molecule has 0 saturated carbocycles. The van der Waals surface area contributed by atoms with Crippen molar-refractivity contribution in [1.29, 1.82) is 0 Å². The van der Waals surface area contributed by atoms with Crippen LogP contribution >= 0.6 is 0 Å². The molecule has 0 amide bonds. The Balaban J connectivity index is 1.08. The molecule has 0 bridgehead atoms. The minimum absolute atomic E-state index is 0.105. The van der Waals surface area contributed by atoms with E-state index in [1.54, 1.807) is 0 Å². The zero-order valence-electron chi connectivity index (χ0n) is 33.7. The van der Waals surface area contributed by atoms with Gasteiger partial charge in [-0.2, -0.15) is 0 Å². The van der Waals surface area contributed by atoms with Gasteiger partial charge in [-0.25, -0.2) is 0 Å². The molecule has 9 aromatic rings. The van der Waals surface area contributed by atoms with Gasteiger partial charge in [-0.05, 0) is 128 Å². The fourth-order valence-electron chi connectivity index (χ4n) is 10.9. The summed E-state index contributed by atoms with van der Waals surface area (Å²) in [6.45, 7) is 4.73. The number of anilines is 6. The Labute approximate surface area is 352 Å². The third-order valence-corrected chi connectivity index (χ3v) is 13.4. The van der Waals surface area contributed by atoms with Gasteiger partial charge in [0.15, 0.2) is 0 Å². The van der Waals surface area contributed by atoms with E-state index in [0.717, 1.165) is 28.4 Å². The van der Waals surface area contributed by atoms with Gasteiger partial charge in [0.2, 0.25) is 0 Å². The van der Waals surface area contributed by atoms with E-state index in [-0.39, 0.29) is 5.41 Å². The van der Waals surface area contributed by atoms with Gasteiger partial charge in [0.25, 0.3) is 0 Å². The molecule has 2 heteroatoms. The molecule has 1 unspecified atom stereocenters. The summed E-state index contributed by atoms with van der Waals surface area (Å²) in [6.07, 6.45) is 0. The van der Waals surface area contributed by atoms with E-state index in [9.17, 15) is 0 Å². The van der Waals surface area contributed by atoms with Crippen LogP contribution in [0.2, 0.25) is 0 Å². The van der Waals surface area contributed by atoms with Crippen molar-refractivity contribution in [3.63, 3.8) is 0 Å². The first-order valence-electron chi connectivity index (χ1n) is 21.0. The summed E-state index contributed by atoms with van der Waals surface area (Å²) in [5.41, 5.74) is 22.1. The van der Waals surface area contributed by atoms with Crippen molar-refractivity contribution in [3.8, 4) is 33.4 Å². The molecule has 0 fully saturated rings. The summed E-state index contributed by atoms with van der Waals surface area (Å²) in [5, 5.41) is 0. The van der Waals surface area contributed by atoms with E-state index in [1.807, 2.05) is 0 Å². The summed E-state index contributed by atoms with van der Waals surface area (Å²) in [6, 6.07) is 80.8. The van der Waals surface area contributed by atoms with Crippen LogP contribution < -0.4 is 9.80 Å². The van der Waals surface area contributed by atoms with E-state index in [2.05, 4.69) is 242 Å². The van der Waals surface area contributed by atoms with Crippen LogP contribution in [0.5, 0.6) is 0 Å². The molecule has 3 aliphatic carbocycles. The van der Waals surface area contributed by atoms with Crippen LogP contribution in [-0.2, 0) is 10.8 Å². The number of fused-ring (bicyclic) bond motifs is 13. The Kier molecular flexibility index (Phi) is 7.52. The molecular weight excluding hydrogens is 725 g/mol. The molecule has 12 rings (SSSR count). The van der Waals surface area contributed by atoms with Gasteiger partial charge in [0, 0.05) is 39.4 Å². The average molecular weight is 767 g/mol. The largest absolute Gasteiger partial charge is 0.310 e. The van der Waals surface area contributed by atoms with Crippen LogP contribution in [0.1, 0.15) is 47.2 Å². The van der Waals surface area contributed by atoms with Crippen LogP contribution in [0.25, 0.3) is 33.4 Å². The van der Waals surface area contributed by atoms with Crippen LogP contribution in [0.3, 0.4) is 0 Å². The molecule has 1 atom stereocenters. The lowest BCUT2D eigenvalue weighted by Crippen LogP contribution is -2.26. The van der Waals surface area contributed by atoms with Crippen molar-refractivity contribution in [2.45, 2.75) is 24.7 Å². The van der Waals surface area contributed by atoms with Crippen LogP contribution in [-0.4, -0.2) is 0 Å². The molecule has 0 saturated heterocycles. The van der Waals surface area contributed by atoms with Crippen molar-refractivity contribution in [1.82, 2.24) is 0 Å². The second kappa shape index (κ2) is 13.0.